The van der Waals surface area contributed by atoms with Crippen molar-refractivity contribution >= 4 is 17.9 Å². The maximum atomic E-state index is 11.1. The van der Waals surface area contributed by atoms with Gasteiger partial charge < -0.3 is 18.9 Å². The van der Waals surface area contributed by atoms with E-state index in [4.69, 9.17) is 24.2 Å². The molecule has 1 aliphatic heterocycles. The van der Waals surface area contributed by atoms with E-state index in [0.29, 0.717) is 0 Å². The fourth-order valence-electron chi connectivity index (χ4n) is 1.82. The van der Waals surface area contributed by atoms with E-state index in [0.717, 1.165) is 0 Å². The zero-order valence-corrected chi connectivity index (χ0v) is 11.3. The van der Waals surface area contributed by atoms with Crippen molar-refractivity contribution < 1.29 is 33.3 Å². The second-order valence-electron chi connectivity index (χ2n) is 4.17. The van der Waals surface area contributed by atoms with Crippen LogP contribution in [0.3, 0.4) is 0 Å². The Morgan fingerprint density at radius 1 is 1.05 bits per heavy atom. The minimum Gasteiger partial charge on any atom is -0.463 e. The zero-order valence-electron chi connectivity index (χ0n) is 11.3. The molecule has 1 saturated heterocycles. The average molecular weight is 285 g/mol. The fourth-order valence-corrected chi connectivity index (χ4v) is 1.82. The molecule has 1 heterocycles. The van der Waals surface area contributed by atoms with E-state index in [9.17, 15) is 14.4 Å². The molecule has 0 aliphatic carbocycles. The second kappa shape index (κ2) is 6.86. The number of hydrogen-bond donors (Lipinski definition) is 0. The van der Waals surface area contributed by atoms with Gasteiger partial charge >= 0.3 is 17.9 Å². The summed E-state index contributed by atoms with van der Waals surface area (Å²) in [5.41, 5.74) is 0. The molecule has 0 aromatic heterocycles. The molecule has 0 aromatic carbocycles. The molecule has 110 valence electrons. The van der Waals surface area contributed by atoms with Crippen LogP contribution in [0.15, 0.2) is 0 Å². The highest BCUT2D eigenvalue weighted by molar-refractivity contribution is 5.68. The van der Waals surface area contributed by atoms with Gasteiger partial charge in [0.15, 0.2) is 18.3 Å². The minimum absolute atomic E-state index is 0.205. The number of carbonyl (C=O) groups excluding carboxylic acids is 3. The van der Waals surface area contributed by atoms with Crippen LogP contribution in [-0.2, 0) is 33.3 Å². The molecule has 0 N–H and O–H groups in total. The monoisotopic (exact) mass is 285 g/mol. The number of rotatable bonds is 4. The molecular weight excluding hydrogens is 270 g/mol. The third-order valence-corrected chi connectivity index (χ3v) is 2.49. The lowest BCUT2D eigenvalue weighted by molar-refractivity contribution is -0.165. The largest absolute Gasteiger partial charge is 0.463 e. The Morgan fingerprint density at radius 2 is 1.60 bits per heavy atom. The number of nitriles is 1. The summed E-state index contributed by atoms with van der Waals surface area (Å²) in [5, 5.41) is 8.98. The molecule has 8 nitrogen and oxygen atoms in total. The highest BCUT2D eigenvalue weighted by atomic mass is 16.6. The predicted octanol–water partition coefficient (Wildman–Crippen LogP) is -0.296. The molecule has 1 fully saturated rings. The van der Waals surface area contributed by atoms with Gasteiger partial charge in [0.1, 0.15) is 12.7 Å². The van der Waals surface area contributed by atoms with Crippen LogP contribution in [-0.4, -0.2) is 48.9 Å². The first-order chi connectivity index (χ1) is 9.35. The van der Waals surface area contributed by atoms with E-state index in [1.807, 2.05) is 6.07 Å². The number of hydrogen-bond acceptors (Lipinski definition) is 8. The summed E-state index contributed by atoms with van der Waals surface area (Å²) in [6.45, 7) is 3.34. The number of ether oxygens (including phenoxy) is 4. The van der Waals surface area contributed by atoms with Crippen molar-refractivity contribution in [3.05, 3.63) is 0 Å². The first-order valence-corrected chi connectivity index (χ1v) is 5.88. The van der Waals surface area contributed by atoms with Crippen LogP contribution in [0.4, 0.5) is 0 Å². The van der Waals surface area contributed by atoms with E-state index in [1.165, 1.54) is 20.8 Å². The molecule has 1 aliphatic rings. The van der Waals surface area contributed by atoms with Crippen molar-refractivity contribution in [1.29, 1.82) is 5.26 Å². The van der Waals surface area contributed by atoms with Gasteiger partial charge in [0, 0.05) is 20.8 Å². The molecule has 1 rings (SSSR count). The minimum atomic E-state index is -1.09. The molecular formula is C12H15NO7. The van der Waals surface area contributed by atoms with E-state index in [1.54, 1.807) is 0 Å². The Morgan fingerprint density at radius 3 is 2.05 bits per heavy atom. The van der Waals surface area contributed by atoms with E-state index in [-0.39, 0.29) is 6.61 Å². The molecule has 0 unspecified atom stereocenters. The fraction of sp³-hybridized carbons (Fsp3) is 0.667. The van der Waals surface area contributed by atoms with Crippen LogP contribution < -0.4 is 0 Å². The topological polar surface area (TPSA) is 112 Å². The van der Waals surface area contributed by atoms with Crippen molar-refractivity contribution in [3.63, 3.8) is 0 Å². The summed E-state index contributed by atoms with van der Waals surface area (Å²) in [4.78, 5) is 33.0. The maximum Gasteiger partial charge on any atom is 0.303 e. The molecule has 0 radical (unpaired) electrons. The van der Waals surface area contributed by atoms with Gasteiger partial charge in [-0.2, -0.15) is 5.26 Å². The van der Waals surface area contributed by atoms with Crippen LogP contribution in [0.2, 0.25) is 0 Å². The lowest BCUT2D eigenvalue weighted by Crippen LogP contribution is -2.41. The first-order valence-electron chi connectivity index (χ1n) is 5.88. The van der Waals surface area contributed by atoms with Crippen LogP contribution in [0.5, 0.6) is 0 Å². The standard InChI is InChI=1S/C12H15NO7/c1-6(14)17-5-10-12(19-8(3)16)11(18-7(2)15)9(4-13)20-10/h9-12H,5H2,1-3H3/t9-,10-,11+,12+/m1/s1. The number of esters is 3. The van der Waals surface area contributed by atoms with Crippen LogP contribution in [0.1, 0.15) is 20.8 Å². The quantitative estimate of drug-likeness (QED) is 0.511. The Labute approximate surface area is 115 Å². The maximum absolute atomic E-state index is 11.1. The molecule has 0 amide bonds. The van der Waals surface area contributed by atoms with Crippen molar-refractivity contribution in [2.75, 3.05) is 6.61 Å². The van der Waals surface area contributed by atoms with Crippen LogP contribution in [0.25, 0.3) is 0 Å². The molecule has 4 atom stereocenters. The van der Waals surface area contributed by atoms with Gasteiger partial charge in [-0.1, -0.05) is 0 Å². The molecule has 0 spiro atoms. The summed E-state index contributed by atoms with van der Waals surface area (Å²) in [6, 6.07) is 1.81. The van der Waals surface area contributed by atoms with Gasteiger partial charge in [0.25, 0.3) is 0 Å². The van der Waals surface area contributed by atoms with Gasteiger partial charge in [-0.25, -0.2) is 0 Å². The lowest BCUT2D eigenvalue weighted by Gasteiger charge is -2.21. The van der Waals surface area contributed by atoms with Crippen LogP contribution in [0, 0.1) is 11.3 Å². The summed E-state index contributed by atoms with van der Waals surface area (Å²) in [7, 11) is 0. The van der Waals surface area contributed by atoms with E-state index in [2.05, 4.69) is 0 Å². The van der Waals surface area contributed by atoms with Crippen molar-refractivity contribution in [2.24, 2.45) is 0 Å². The summed E-state index contributed by atoms with van der Waals surface area (Å²) in [5.74, 6) is -1.80. The Hall–Kier alpha value is -2.14. The Balaban J connectivity index is 2.87. The molecule has 0 aromatic rings. The van der Waals surface area contributed by atoms with Gasteiger partial charge in [-0.15, -0.1) is 0 Å². The van der Waals surface area contributed by atoms with E-state index >= 15 is 0 Å². The number of carbonyl (C=O) groups is 3. The Bertz CT molecular complexity index is 442. The van der Waals surface area contributed by atoms with Gasteiger partial charge in [-0.3, -0.25) is 14.4 Å². The first kappa shape index (κ1) is 15.9. The van der Waals surface area contributed by atoms with Crippen molar-refractivity contribution in [3.8, 4) is 6.07 Å². The summed E-state index contributed by atoms with van der Waals surface area (Å²) < 4.78 is 20.1. The highest BCUT2D eigenvalue weighted by Gasteiger charge is 2.49. The third-order valence-electron chi connectivity index (χ3n) is 2.49. The Kier molecular flexibility index (Phi) is 5.46. The van der Waals surface area contributed by atoms with Gasteiger partial charge in [0.2, 0.25) is 0 Å². The summed E-state index contributed by atoms with van der Waals surface area (Å²) >= 11 is 0. The smallest absolute Gasteiger partial charge is 0.303 e. The van der Waals surface area contributed by atoms with Gasteiger partial charge in [0.05, 0.1) is 6.07 Å². The second-order valence-corrected chi connectivity index (χ2v) is 4.17. The van der Waals surface area contributed by atoms with Crippen LogP contribution >= 0.6 is 0 Å². The molecule has 0 bridgehead atoms. The zero-order chi connectivity index (χ0) is 15.3. The number of nitrogens with zero attached hydrogens (tertiary/aromatic N) is 1. The highest BCUT2D eigenvalue weighted by Crippen LogP contribution is 2.27. The lowest BCUT2D eigenvalue weighted by atomic mass is 10.1. The molecule has 8 heteroatoms. The predicted molar refractivity (Wildman–Crippen MR) is 62.0 cm³/mol. The normalized spacial score (nSPS) is 28.3. The summed E-state index contributed by atoms with van der Waals surface area (Å²) in [6.07, 6.45) is -4.01. The molecule has 0 saturated carbocycles. The average Bonchev–Trinajstić information content (AvgIpc) is 2.63. The third kappa shape index (κ3) is 4.20. The van der Waals surface area contributed by atoms with E-state index < -0.39 is 42.3 Å². The van der Waals surface area contributed by atoms with Gasteiger partial charge in [-0.05, 0) is 0 Å². The van der Waals surface area contributed by atoms with Crippen molar-refractivity contribution in [2.45, 2.75) is 45.2 Å². The van der Waals surface area contributed by atoms with Crippen molar-refractivity contribution in [1.82, 2.24) is 0 Å². The SMILES string of the molecule is CC(=O)OC[C@H]1O[C@H](C#N)[C@H](OC(C)=O)[C@H]1OC(C)=O. The molecule has 20 heavy (non-hydrogen) atoms.